The van der Waals surface area contributed by atoms with Crippen LogP contribution in [-0.4, -0.2) is 36.2 Å². The fraction of sp³-hybridized carbons (Fsp3) is 0.625. The molecule has 1 fully saturated rings. The van der Waals surface area contributed by atoms with E-state index in [1.54, 1.807) is 12.1 Å². The van der Waals surface area contributed by atoms with Crippen molar-refractivity contribution in [2.75, 3.05) is 26.2 Å². The highest BCUT2D eigenvalue weighted by atomic mass is 35.5. The lowest BCUT2D eigenvalue weighted by Gasteiger charge is -2.35. The van der Waals surface area contributed by atoms with Crippen molar-refractivity contribution >= 4 is 36.4 Å². The Labute approximate surface area is 151 Å². The van der Waals surface area contributed by atoms with Crippen LogP contribution in [-0.2, 0) is 0 Å². The van der Waals surface area contributed by atoms with Crippen LogP contribution in [0.25, 0.3) is 0 Å². The van der Waals surface area contributed by atoms with E-state index in [0.29, 0.717) is 10.8 Å². The topological polar surface area (TPSA) is 35.5 Å². The van der Waals surface area contributed by atoms with Crippen molar-refractivity contribution in [3.05, 3.63) is 28.8 Å². The van der Waals surface area contributed by atoms with Gasteiger partial charge in [-0.25, -0.2) is 0 Å². The number of phenolic OH excluding ortho intramolecular Hbond substituents is 1. The third-order valence-electron chi connectivity index (χ3n) is 4.02. The van der Waals surface area contributed by atoms with E-state index in [0.717, 1.165) is 38.2 Å². The zero-order valence-electron chi connectivity index (χ0n) is 13.1. The summed E-state index contributed by atoms with van der Waals surface area (Å²) in [5.74, 6) is 0.370. The van der Waals surface area contributed by atoms with E-state index < -0.39 is 0 Å². The first kappa shape index (κ1) is 21.8. The molecule has 2 rings (SSSR count). The Bertz CT molecular complexity index is 426. The highest BCUT2D eigenvalue weighted by molar-refractivity contribution is 6.30. The Morgan fingerprint density at radius 2 is 1.91 bits per heavy atom. The molecule has 1 aromatic carbocycles. The van der Waals surface area contributed by atoms with Gasteiger partial charge in [-0.1, -0.05) is 37.8 Å². The maximum Gasteiger partial charge on any atom is 0.120 e. The van der Waals surface area contributed by atoms with E-state index in [9.17, 15) is 5.11 Å². The van der Waals surface area contributed by atoms with Crippen molar-refractivity contribution in [1.29, 1.82) is 0 Å². The van der Waals surface area contributed by atoms with Crippen LogP contribution < -0.4 is 5.32 Å². The fourth-order valence-electron chi connectivity index (χ4n) is 2.91. The second-order valence-corrected chi connectivity index (χ2v) is 5.94. The molecule has 6 heteroatoms. The SMILES string of the molecule is CCCCC[C@H](c1cc(Cl)ccc1O)N1CCNCC1.Cl.Cl. The van der Waals surface area contributed by atoms with Crippen LogP contribution in [0.15, 0.2) is 18.2 Å². The van der Waals surface area contributed by atoms with Crippen LogP contribution in [0.2, 0.25) is 5.02 Å². The minimum Gasteiger partial charge on any atom is -0.508 e. The maximum atomic E-state index is 10.2. The molecule has 1 atom stereocenters. The summed E-state index contributed by atoms with van der Waals surface area (Å²) in [6.07, 6.45) is 4.73. The number of nitrogens with zero attached hydrogens (tertiary/aromatic N) is 1. The Morgan fingerprint density at radius 3 is 2.55 bits per heavy atom. The summed E-state index contributed by atoms with van der Waals surface area (Å²) < 4.78 is 0. The van der Waals surface area contributed by atoms with Gasteiger partial charge in [-0.2, -0.15) is 0 Å². The predicted octanol–water partition coefficient (Wildman–Crippen LogP) is 4.42. The van der Waals surface area contributed by atoms with Crippen LogP contribution in [0, 0.1) is 0 Å². The van der Waals surface area contributed by atoms with Gasteiger partial charge in [-0.3, -0.25) is 4.90 Å². The molecular formula is C16H27Cl3N2O. The molecule has 1 aliphatic heterocycles. The van der Waals surface area contributed by atoms with Crippen molar-refractivity contribution in [3.63, 3.8) is 0 Å². The van der Waals surface area contributed by atoms with Crippen LogP contribution in [0.3, 0.4) is 0 Å². The van der Waals surface area contributed by atoms with Gasteiger partial charge in [0.2, 0.25) is 0 Å². The molecule has 3 nitrogen and oxygen atoms in total. The van der Waals surface area contributed by atoms with E-state index in [1.807, 2.05) is 6.07 Å². The molecule has 22 heavy (non-hydrogen) atoms. The molecule has 1 aromatic rings. The molecule has 128 valence electrons. The number of hydrogen-bond donors (Lipinski definition) is 2. The molecule has 0 aliphatic carbocycles. The first-order chi connectivity index (χ1) is 9.72. The minimum absolute atomic E-state index is 0. The Hall–Kier alpha value is -0.190. The smallest absolute Gasteiger partial charge is 0.120 e. The molecule has 1 saturated heterocycles. The molecular weight excluding hydrogens is 343 g/mol. The van der Waals surface area contributed by atoms with Gasteiger partial charge in [0.15, 0.2) is 0 Å². The number of rotatable bonds is 6. The van der Waals surface area contributed by atoms with Gasteiger partial charge in [0.25, 0.3) is 0 Å². The first-order valence-corrected chi connectivity index (χ1v) is 8.03. The molecule has 0 aromatic heterocycles. The standard InChI is InChI=1S/C16H25ClN2O.2ClH/c1-2-3-4-5-15(19-10-8-18-9-11-19)14-12-13(17)6-7-16(14)20;;/h6-7,12,15,18,20H,2-5,8-11H2,1H3;2*1H/t15-;;/m1../s1. The fourth-order valence-corrected chi connectivity index (χ4v) is 3.09. The molecule has 1 heterocycles. The number of unbranched alkanes of at least 4 members (excludes halogenated alkanes) is 2. The Morgan fingerprint density at radius 1 is 1.23 bits per heavy atom. The number of halogens is 3. The Balaban J connectivity index is 0.00000220. The van der Waals surface area contributed by atoms with Crippen LogP contribution in [0.1, 0.15) is 44.2 Å². The molecule has 0 radical (unpaired) electrons. The largest absolute Gasteiger partial charge is 0.508 e. The van der Waals surface area contributed by atoms with E-state index >= 15 is 0 Å². The molecule has 2 N–H and O–H groups in total. The van der Waals surface area contributed by atoms with E-state index in [2.05, 4.69) is 17.1 Å². The third kappa shape index (κ3) is 6.13. The summed E-state index contributed by atoms with van der Waals surface area (Å²) >= 11 is 6.12. The number of piperazine rings is 1. The normalized spacial score (nSPS) is 16.5. The van der Waals surface area contributed by atoms with Crippen molar-refractivity contribution in [2.45, 2.75) is 38.6 Å². The van der Waals surface area contributed by atoms with Gasteiger partial charge < -0.3 is 10.4 Å². The van der Waals surface area contributed by atoms with Crippen LogP contribution in [0.4, 0.5) is 0 Å². The summed E-state index contributed by atoms with van der Waals surface area (Å²) in [4.78, 5) is 2.47. The zero-order valence-corrected chi connectivity index (χ0v) is 15.4. The van der Waals surface area contributed by atoms with Gasteiger partial charge in [-0.15, -0.1) is 24.8 Å². The second kappa shape index (κ2) is 11.4. The van der Waals surface area contributed by atoms with E-state index in [1.165, 1.54) is 19.3 Å². The zero-order chi connectivity index (χ0) is 14.4. The lowest BCUT2D eigenvalue weighted by molar-refractivity contribution is 0.160. The van der Waals surface area contributed by atoms with Crippen molar-refractivity contribution in [2.24, 2.45) is 0 Å². The quantitative estimate of drug-likeness (QED) is 0.729. The average molecular weight is 370 g/mol. The lowest BCUT2D eigenvalue weighted by atomic mass is 9.97. The van der Waals surface area contributed by atoms with Crippen molar-refractivity contribution in [3.8, 4) is 5.75 Å². The highest BCUT2D eigenvalue weighted by Gasteiger charge is 2.24. The molecule has 0 bridgehead atoms. The Kier molecular flexibility index (Phi) is 11.3. The monoisotopic (exact) mass is 368 g/mol. The maximum absolute atomic E-state index is 10.2. The molecule has 1 aliphatic rings. The molecule has 0 saturated carbocycles. The molecule has 0 unspecified atom stereocenters. The summed E-state index contributed by atoms with van der Waals surface area (Å²) in [6.45, 7) is 6.32. The molecule has 0 spiro atoms. The third-order valence-corrected chi connectivity index (χ3v) is 4.26. The summed E-state index contributed by atoms with van der Waals surface area (Å²) in [5, 5.41) is 14.3. The predicted molar refractivity (Wildman–Crippen MR) is 98.9 cm³/mol. The van der Waals surface area contributed by atoms with Gasteiger partial charge in [0, 0.05) is 42.8 Å². The number of phenols is 1. The summed E-state index contributed by atoms with van der Waals surface area (Å²) in [7, 11) is 0. The lowest BCUT2D eigenvalue weighted by Crippen LogP contribution is -2.45. The van der Waals surface area contributed by atoms with Gasteiger partial charge in [0.05, 0.1) is 0 Å². The highest BCUT2D eigenvalue weighted by Crippen LogP contribution is 2.34. The average Bonchev–Trinajstić information content (AvgIpc) is 2.48. The van der Waals surface area contributed by atoms with Crippen molar-refractivity contribution < 1.29 is 5.11 Å². The van der Waals surface area contributed by atoms with E-state index in [-0.39, 0.29) is 30.9 Å². The number of benzene rings is 1. The number of nitrogens with one attached hydrogen (secondary N) is 1. The van der Waals surface area contributed by atoms with Crippen LogP contribution in [0.5, 0.6) is 5.75 Å². The number of hydrogen-bond acceptors (Lipinski definition) is 3. The van der Waals surface area contributed by atoms with Crippen LogP contribution >= 0.6 is 36.4 Å². The number of aromatic hydroxyl groups is 1. The van der Waals surface area contributed by atoms with Crippen molar-refractivity contribution in [1.82, 2.24) is 10.2 Å². The second-order valence-electron chi connectivity index (χ2n) is 5.50. The summed E-state index contributed by atoms with van der Waals surface area (Å²) in [5.41, 5.74) is 0.982. The van der Waals surface area contributed by atoms with Gasteiger partial charge in [0.1, 0.15) is 5.75 Å². The van der Waals surface area contributed by atoms with Gasteiger partial charge >= 0.3 is 0 Å². The summed E-state index contributed by atoms with van der Waals surface area (Å²) in [6, 6.07) is 5.67. The first-order valence-electron chi connectivity index (χ1n) is 7.65. The van der Waals surface area contributed by atoms with Gasteiger partial charge in [-0.05, 0) is 24.6 Å². The van der Waals surface area contributed by atoms with E-state index in [4.69, 9.17) is 11.6 Å². The molecule has 0 amide bonds. The minimum atomic E-state index is 0.